The lowest BCUT2D eigenvalue weighted by Crippen LogP contribution is -1.72. The Kier molecular flexibility index (Phi) is 2.97. The molecule has 0 aliphatic heterocycles. The molecule has 0 radical (unpaired) electrons. The molecule has 1 heterocycles. The summed E-state index contributed by atoms with van der Waals surface area (Å²) in [4.78, 5) is 0.915. The van der Waals surface area contributed by atoms with Crippen LogP contribution in [0.25, 0.3) is 15.9 Å². The van der Waals surface area contributed by atoms with Gasteiger partial charge in [-0.15, -0.1) is 12.6 Å². The van der Waals surface area contributed by atoms with Crippen molar-refractivity contribution >= 4 is 28.5 Å². The van der Waals surface area contributed by atoms with E-state index in [1.54, 1.807) is 6.26 Å². The molecule has 0 saturated carbocycles. The van der Waals surface area contributed by atoms with Crippen molar-refractivity contribution in [3.8, 4) is 0 Å². The molecule has 2 rings (SSSR count). The summed E-state index contributed by atoms with van der Waals surface area (Å²) >= 11 is 4.45. The summed E-state index contributed by atoms with van der Waals surface area (Å²) < 4.78 is 5.44. The summed E-state index contributed by atoms with van der Waals surface area (Å²) in [6, 6.07) is 7.95. The maximum absolute atomic E-state index is 5.44. The Hall–Kier alpha value is -1.41. The number of hydrogen-bond acceptors (Lipinski definition) is 2. The van der Waals surface area contributed by atoms with Gasteiger partial charge in [0.15, 0.2) is 0 Å². The third-order valence-corrected chi connectivity index (χ3v) is 2.59. The van der Waals surface area contributed by atoms with Crippen molar-refractivity contribution in [3.05, 3.63) is 54.3 Å². The minimum absolute atomic E-state index is 0.896. The highest BCUT2D eigenvalue weighted by molar-refractivity contribution is 7.90. The van der Waals surface area contributed by atoms with Crippen LogP contribution in [-0.2, 0) is 0 Å². The Morgan fingerprint density at radius 1 is 1.33 bits per heavy atom. The zero-order valence-corrected chi connectivity index (χ0v) is 9.37. The van der Waals surface area contributed by atoms with Gasteiger partial charge < -0.3 is 4.42 Å². The van der Waals surface area contributed by atoms with Gasteiger partial charge in [-0.1, -0.05) is 30.4 Å². The van der Waals surface area contributed by atoms with Gasteiger partial charge >= 0.3 is 0 Å². The van der Waals surface area contributed by atoms with Crippen LogP contribution in [0.4, 0.5) is 0 Å². The number of fused-ring (bicyclic) bond motifs is 1. The van der Waals surface area contributed by atoms with Crippen molar-refractivity contribution in [2.75, 3.05) is 0 Å². The average Bonchev–Trinajstić information content (AvgIpc) is 2.69. The predicted molar refractivity (Wildman–Crippen MR) is 68.0 cm³/mol. The molecule has 1 aromatic heterocycles. The first-order valence-corrected chi connectivity index (χ1v) is 5.26. The topological polar surface area (TPSA) is 13.1 Å². The second kappa shape index (κ2) is 4.41. The lowest BCUT2D eigenvalue weighted by Gasteiger charge is -1.94. The molecule has 0 N–H and O–H groups in total. The smallest absolute Gasteiger partial charge is 0.134 e. The largest absolute Gasteiger partial charge is 0.464 e. The van der Waals surface area contributed by atoms with E-state index >= 15 is 0 Å². The molecule has 76 valence electrons. The van der Waals surface area contributed by atoms with Crippen LogP contribution in [0.3, 0.4) is 0 Å². The minimum Gasteiger partial charge on any atom is -0.464 e. The maximum Gasteiger partial charge on any atom is 0.134 e. The molecular formula is C13H12OS. The van der Waals surface area contributed by atoms with Crippen LogP contribution in [0.2, 0.25) is 0 Å². The van der Waals surface area contributed by atoms with Gasteiger partial charge in [-0.25, -0.2) is 0 Å². The van der Waals surface area contributed by atoms with Crippen molar-refractivity contribution in [2.45, 2.75) is 6.92 Å². The van der Waals surface area contributed by atoms with Gasteiger partial charge in [0.25, 0.3) is 0 Å². The monoisotopic (exact) mass is 216 g/mol. The van der Waals surface area contributed by atoms with E-state index in [1.165, 1.54) is 0 Å². The van der Waals surface area contributed by atoms with Crippen LogP contribution in [0, 0.1) is 0 Å². The van der Waals surface area contributed by atoms with E-state index in [2.05, 4.69) is 12.6 Å². The summed E-state index contributed by atoms with van der Waals surface area (Å²) in [6.07, 6.45) is 7.63. The highest BCUT2D eigenvalue weighted by Gasteiger charge is 2.05. The number of furan rings is 1. The fourth-order valence-electron chi connectivity index (χ4n) is 1.45. The van der Waals surface area contributed by atoms with Gasteiger partial charge in [-0.2, -0.15) is 0 Å². The quantitative estimate of drug-likeness (QED) is 0.584. The molecule has 0 unspecified atom stereocenters. The van der Waals surface area contributed by atoms with Crippen LogP contribution in [0.15, 0.2) is 53.2 Å². The van der Waals surface area contributed by atoms with Crippen molar-refractivity contribution in [2.24, 2.45) is 0 Å². The van der Waals surface area contributed by atoms with Crippen LogP contribution < -0.4 is 0 Å². The highest BCUT2D eigenvalue weighted by Crippen LogP contribution is 2.28. The Morgan fingerprint density at radius 3 is 2.93 bits per heavy atom. The standard InChI is InChI=1S/C13H12OS/c1-2-3-8-13(15)11-9-14-12-7-5-4-6-10(11)12/h2-9,15H,1H3/b3-2-,13-8+. The molecule has 2 aromatic rings. The minimum atomic E-state index is 0.896. The lowest BCUT2D eigenvalue weighted by molar-refractivity contribution is 0.615. The van der Waals surface area contributed by atoms with E-state index < -0.39 is 0 Å². The molecule has 0 aliphatic carbocycles. The van der Waals surface area contributed by atoms with E-state index in [4.69, 9.17) is 4.42 Å². The van der Waals surface area contributed by atoms with Gasteiger partial charge in [0.2, 0.25) is 0 Å². The van der Waals surface area contributed by atoms with Gasteiger partial charge in [0, 0.05) is 15.9 Å². The van der Waals surface area contributed by atoms with Crippen molar-refractivity contribution < 1.29 is 4.42 Å². The molecule has 15 heavy (non-hydrogen) atoms. The molecule has 1 aromatic carbocycles. The Balaban J connectivity index is 2.52. The molecular weight excluding hydrogens is 204 g/mol. The first-order valence-electron chi connectivity index (χ1n) is 4.81. The summed E-state index contributed by atoms with van der Waals surface area (Å²) in [6.45, 7) is 1.98. The first-order chi connectivity index (χ1) is 7.33. The third-order valence-electron chi connectivity index (χ3n) is 2.20. The number of rotatable bonds is 2. The van der Waals surface area contributed by atoms with Gasteiger partial charge in [-0.05, 0) is 19.1 Å². The zero-order valence-electron chi connectivity index (χ0n) is 8.47. The molecule has 0 amide bonds. The predicted octanol–water partition coefficient (Wildman–Crippen LogP) is 4.28. The number of benzene rings is 1. The first kappa shape index (κ1) is 10.1. The number of para-hydroxylation sites is 1. The lowest BCUT2D eigenvalue weighted by atomic mass is 10.1. The average molecular weight is 216 g/mol. The van der Waals surface area contributed by atoms with Crippen LogP contribution >= 0.6 is 12.6 Å². The Bertz CT molecular complexity index is 520. The molecule has 0 bridgehead atoms. The molecule has 0 fully saturated rings. The summed E-state index contributed by atoms with van der Waals surface area (Å²) in [7, 11) is 0. The fraction of sp³-hybridized carbons (Fsp3) is 0.0769. The molecule has 0 spiro atoms. The van der Waals surface area contributed by atoms with Crippen LogP contribution in [-0.4, -0.2) is 0 Å². The van der Waals surface area contributed by atoms with E-state index in [0.717, 1.165) is 21.4 Å². The normalized spacial score (nSPS) is 12.8. The Labute approximate surface area is 94.5 Å². The number of hydrogen-bond donors (Lipinski definition) is 1. The van der Waals surface area contributed by atoms with Gasteiger partial charge in [-0.3, -0.25) is 0 Å². The van der Waals surface area contributed by atoms with E-state index in [1.807, 2.05) is 49.4 Å². The van der Waals surface area contributed by atoms with E-state index in [-0.39, 0.29) is 0 Å². The molecule has 1 nitrogen and oxygen atoms in total. The van der Waals surface area contributed by atoms with Gasteiger partial charge in [0.1, 0.15) is 11.8 Å². The molecule has 2 heteroatoms. The summed E-state index contributed by atoms with van der Waals surface area (Å²) in [5.41, 5.74) is 1.93. The highest BCUT2D eigenvalue weighted by atomic mass is 32.1. The molecule has 0 saturated heterocycles. The SMILES string of the molecule is C/C=C\C=C(\S)c1coc2ccccc12. The maximum atomic E-state index is 5.44. The zero-order chi connectivity index (χ0) is 10.7. The van der Waals surface area contributed by atoms with Crippen molar-refractivity contribution in [1.29, 1.82) is 0 Å². The van der Waals surface area contributed by atoms with Crippen LogP contribution in [0.5, 0.6) is 0 Å². The van der Waals surface area contributed by atoms with Crippen molar-refractivity contribution in [3.63, 3.8) is 0 Å². The Morgan fingerprint density at radius 2 is 2.13 bits per heavy atom. The second-order valence-corrected chi connectivity index (χ2v) is 3.71. The second-order valence-electron chi connectivity index (χ2n) is 3.22. The van der Waals surface area contributed by atoms with E-state index in [0.29, 0.717) is 0 Å². The number of allylic oxidation sites excluding steroid dienone is 3. The van der Waals surface area contributed by atoms with Gasteiger partial charge in [0.05, 0.1) is 0 Å². The summed E-state index contributed by atoms with van der Waals surface area (Å²) in [5.74, 6) is 0. The number of thiol groups is 1. The van der Waals surface area contributed by atoms with Crippen LogP contribution in [0.1, 0.15) is 12.5 Å². The fourth-order valence-corrected chi connectivity index (χ4v) is 1.71. The summed E-state index contributed by atoms with van der Waals surface area (Å²) in [5, 5.41) is 1.10. The van der Waals surface area contributed by atoms with Crippen molar-refractivity contribution in [1.82, 2.24) is 0 Å². The van der Waals surface area contributed by atoms with E-state index in [9.17, 15) is 0 Å². The molecule has 0 atom stereocenters. The molecule has 0 aliphatic rings. The third kappa shape index (κ3) is 2.00.